The number of rotatable bonds is 8. The average molecular weight is 353 g/mol. The van der Waals surface area contributed by atoms with Gasteiger partial charge in [-0.2, -0.15) is 0 Å². The molecule has 6 nitrogen and oxygen atoms in total. The van der Waals surface area contributed by atoms with E-state index in [1.807, 2.05) is 0 Å². The van der Waals surface area contributed by atoms with Crippen molar-refractivity contribution in [3.63, 3.8) is 0 Å². The third-order valence-corrected chi connectivity index (χ3v) is 3.50. The van der Waals surface area contributed by atoms with E-state index in [1.54, 1.807) is 68.7 Å². The highest BCUT2D eigenvalue weighted by molar-refractivity contribution is 5.95. The first-order valence-electron chi connectivity index (χ1n) is 8.19. The number of hydrogen-bond donors (Lipinski definition) is 2. The monoisotopic (exact) mass is 353 g/mol. The van der Waals surface area contributed by atoms with E-state index in [4.69, 9.17) is 4.74 Å². The molecule has 26 heavy (non-hydrogen) atoms. The number of anilines is 2. The van der Waals surface area contributed by atoms with Gasteiger partial charge in [0.2, 0.25) is 5.91 Å². The van der Waals surface area contributed by atoms with Gasteiger partial charge >= 0.3 is 0 Å². The van der Waals surface area contributed by atoms with Gasteiger partial charge in [0, 0.05) is 31.0 Å². The van der Waals surface area contributed by atoms with E-state index in [2.05, 4.69) is 17.2 Å². The molecule has 0 aromatic heterocycles. The van der Waals surface area contributed by atoms with Crippen LogP contribution in [0.2, 0.25) is 0 Å². The molecule has 2 N–H and O–H groups in total. The lowest BCUT2D eigenvalue weighted by Crippen LogP contribution is -2.22. The minimum absolute atomic E-state index is 0.0604. The Morgan fingerprint density at radius 3 is 2.23 bits per heavy atom. The largest absolute Gasteiger partial charge is 0.490 e. The summed E-state index contributed by atoms with van der Waals surface area (Å²) in [5.74, 6) is 0.487. The molecule has 0 fully saturated rings. The van der Waals surface area contributed by atoms with Crippen LogP contribution in [0.3, 0.4) is 0 Å². The first-order chi connectivity index (χ1) is 12.5. The summed E-state index contributed by atoms with van der Waals surface area (Å²) in [5.41, 5.74) is 2.06. The van der Waals surface area contributed by atoms with Crippen LogP contribution < -0.4 is 15.4 Å². The van der Waals surface area contributed by atoms with E-state index in [0.29, 0.717) is 23.6 Å². The number of amides is 2. The molecule has 2 rings (SSSR count). The van der Waals surface area contributed by atoms with Crippen LogP contribution in [-0.2, 0) is 4.79 Å². The Balaban J connectivity index is 1.83. The van der Waals surface area contributed by atoms with Crippen molar-refractivity contribution in [2.24, 2.45) is 0 Å². The molecule has 2 aromatic rings. The predicted molar refractivity (Wildman–Crippen MR) is 104 cm³/mol. The van der Waals surface area contributed by atoms with Crippen molar-refractivity contribution in [3.05, 3.63) is 66.7 Å². The molecule has 2 aromatic carbocycles. The van der Waals surface area contributed by atoms with Gasteiger partial charge in [-0.1, -0.05) is 12.7 Å². The topological polar surface area (TPSA) is 70.7 Å². The second-order valence-electron chi connectivity index (χ2n) is 5.80. The Morgan fingerprint density at radius 1 is 1.04 bits per heavy atom. The molecular weight excluding hydrogens is 330 g/mol. The van der Waals surface area contributed by atoms with Crippen molar-refractivity contribution >= 4 is 23.2 Å². The molecular formula is C20H23N3O3. The zero-order valence-electron chi connectivity index (χ0n) is 15.0. The third kappa shape index (κ3) is 5.66. The number of nitrogens with zero attached hydrogens (tertiary/aromatic N) is 1. The summed E-state index contributed by atoms with van der Waals surface area (Å²) in [6, 6.07) is 14.1. The van der Waals surface area contributed by atoms with E-state index in [0.717, 1.165) is 5.69 Å². The van der Waals surface area contributed by atoms with Crippen molar-refractivity contribution in [1.29, 1.82) is 0 Å². The van der Waals surface area contributed by atoms with E-state index >= 15 is 0 Å². The first kappa shape index (κ1) is 19.1. The summed E-state index contributed by atoms with van der Waals surface area (Å²) < 4.78 is 5.39. The SMILES string of the molecule is C=CCOc1ccc(NC(=O)CNc2ccc(C(=O)N(C)C)cc2)cc1. The zero-order valence-corrected chi connectivity index (χ0v) is 15.0. The van der Waals surface area contributed by atoms with Gasteiger partial charge in [-0.3, -0.25) is 9.59 Å². The van der Waals surface area contributed by atoms with Crippen molar-refractivity contribution in [2.45, 2.75) is 0 Å². The van der Waals surface area contributed by atoms with Crippen LogP contribution in [0, 0.1) is 0 Å². The van der Waals surface area contributed by atoms with E-state index < -0.39 is 0 Å². The van der Waals surface area contributed by atoms with Crippen LogP contribution in [0.25, 0.3) is 0 Å². The number of carbonyl (C=O) groups is 2. The second kappa shape index (κ2) is 9.27. The van der Waals surface area contributed by atoms with Gasteiger partial charge in [-0.15, -0.1) is 0 Å². The number of benzene rings is 2. The Morgan fingerprint density at radius 2 is 1.65 bits per heavy atom. The van der Waals surface area contributed by atoms with E-state index in [9.17, 15) is 9.59 Å². The molecule has 0 unspecified atom stereocenters. The van der Waals surface area contributed by atoms with Crippen LogP contribution in [0.15, 0.2) is 61.2 Å². The lowest BCUT2D eigenvalue weighted by molar-refractivity contribution is -0.114. The van der Waals surface area contributed by atoms with Gasteiger partial charge in [0.25, 0.3) is 5.91 Å². The van der Waals surface area contributed by atoms with E-state index in [-0.39, 0.29) is 18.4 Å². The highest BCUT2D eigenvalue weighted by Crippen LogP contribution is 2.16. The fourth-order valence-corrected chi connectivity index (χ4v) is 2.17. The second-order valence-corrected chi connectivity index (χ2v) is 5.80. The average Bonchev–Trinajstić information content (AvgIpc) is 2.65. The smallest absolute Gasteiger partial charge is 0.253 e. The number of ether oxygens (including phenoxy) is 1. The summed E-state index contributed by atoms with van der Waals surface area (Å²) in [7, 11) is 3.41. The summed E-state index contributed by atoms with van der Waals surface area (Å²) >= 11 is 0. The van der Waals surface area contributed by atoms with Gasteiger partial charge in [-0.05, 0) is 48.5 Å². The molecule has 2 amide bonds. The van der Waals surface area contributed by atoms with Gasteiger partial charge in [0.15, 0.2) is 0 Å². The summed E-state index contributed by atoms with van der Waals surface area (Å²) in [6.45, 7) is 4.15. The molecule has 0 aliphatic heterocycles. The zero-order chi connectivity index (χ0) is 18.9. The molecule has 0 aliphatic rings. The molecule has 0 saturated carbocycles. The molecule has 136 valence electrons. The molecule has 0 bridgehead atoms. The lowest BCUT2D eigenvalue weighted by atomic mass is 10.2. The van der Waals surface area contributed by atoms with Crippen LogP contribution in [0.1, 0.15) is 10.4 Å². The van der Waals surface area contributed by atoms with Crippen molar-refractivity contribution < 1.29 is 14.3 Å². The Bertz CT molecular complexity index is 753. The maximum absolute atomic E-state index is 12.0. The molecule has 0 heterocycles. The highest BCUT2D eigenvalue weighted by atomic mass is 16.5. The number of hydrogen-bond acceptors (Lipinski definition) is 4. The predicted octanol–water partition coefficient (Wildman–Crippen LogP) is 3.00. The fraction of sp³-hybridized carbons (Fsp3) is 0.200. The maximum atomic E-state index is 12.0. The van der Waals surface area contributed by atoms with Crippen molar-refractivity contribution in [2.75, 3.05) is 37.9 Å². The van der Waals surface area contributed by atoms with Crippen LogP contribution in [0.4, 0.5) is 11.4 Å². The van der Waals surface area contributed by atoms with Crippen LogP contribution in [-0.4, -0.2) is 44.0 Å². The van der Waals surface area contributed by atoms with Crippen molar-refractivity contribution in [1.82, 2.24) is 4.90 Å². The Labute approximate surface area is 153 Å². The summed E-state index contributed by atoms with van der Waals surface area (Å²) in [5, 5.41) is 5.83. The molecule has 0 aliphatic carbocycles. The first-order valence-corrected chi connectivity index (χ1v) is 8.19. The van der Waals surface area contributed by atoms with Gasteiger partial charge in [0.1, 0.15) is 12.4 Å². The minimum atomic E-state index is -0.168. The van der Waals surface area contributed by atoms with Gasteiger partial charge in [-0.25, -0.2) is 0 Å². The fourth-order valence-electron chi connectivity index (χ4n) is 2.17. The third-order valence-electron chi connectivity index (χ3n) is 3.50. The van der Waals surface area contributed by atoms with Crippen LogP contribution in [0.5, 0.6) is 5.75 Å². The van der Waals surface area contributed by atoms with Gasteiger partial charge < -0.3 is 20.3 Å². The lowest BCUT2D eigenvalue weighted by Gasteiger charge is -2.11. The molecule has 0 radical (unpaired) electrons. The van der Waals surface area contributed by atoms with E-state index in [1.165, 1.54) is 4.90 Å². The summed E-state index contributed by atoms with van der Waals surface area (Å²) in [6.07, 6.45) is 1.67. The highest BCUT2D eigenvalue weighted by Gasteiger charge is 2.08. The standard InChI is InChI=1S/C20H23N3O3/c1-4-13-26-18-11-9-17(10-12-18)22-19(24)14-21-16-7-5-15(6-8-16)20(25)23(2)3/h4-12,21H,1,13-14H2,2-3H3,(H,22,24). The van der Waals surface area contributed by atoms with Gasteiger partial charge in [0.05, 0.1) is 6.54 Å². The number of carbonyl (C=O) groups excluding carboxylic acids is 2. The minimum Gasteiger partial charge on any atom is -0.490 e. The Kier molecular flexibility index (Phi) is 6.79. The normalized spacial score (nSPS) is 9.92. The summed E-state index contributed by atoms with van der Waals surface area (Å²) in [4.78, 5) is 25.4. The van der Waals surface area contributed by atoms with Crippen molar-refractivity contribution in [3.8, 4) is 5.75 Å². The Hall–Kier alpha value is -3.28. The number of nitrogens with one attached hydrogen (secondary N) is 2. The molecule has 6 heteroatoms. The quantitative estimate of drug-likeness (QED) is 0.716. The molecule has 0 saturated heterocycles. The van der Waals surface area contributed by atoms with Crippen LogP contribution >= 0.6 is 0 Å². The molecule has 0 atom stereocenters. The molecule has 0 spiro atoms. The maximum Gasteiger partial charge on any atom is 0.253 e.